The summed E-state index contributed by atoms with van der Waals surface area (Å²) in [4.78, 5) is 13.8. The number of amides is 1. The van der Waals surface area contributed by atoms with E-state index in [1.807, 2.05) is 0 Å². The first-order valence-electron chi connectivity index (χ1n) is 6.19. The summed E-state index contributed by atoms with van der Waals surface area (Å²) in [7, 11) is 1.62. The largest absolute Gasteiger partial charge is 0.390 e. The average Bonchev–Trinajstić information content (AvgIpc) is 3.04. The van der Waals surface area contributed by atoms with Gasteiger partial charge in [0.2, 0.25) is 0 Å². The van der Waals surface area contributed by atoms with Crippen molar-refractivity contribution in [2.75, 3.05) is 7.05 Å². The maximum atomic E-state index is 12.4. The highest BCUT2D eigenvalue weighted by molar-refractivity contribution is 7.03. The van der Waals surface area contributed by atoms with Gasteiger partial charge in [0.1, 0.15) is 0 Å². The molecule has 0 saturated carbocycles. The number of aliphatic hydroxyl groups is 1. The third-order valence-electron chi connectivity index (χ3n) is 3.61. The van der Waals surface area contributed by atoms with Crippen LogP contribution in [0, 0.1) is 0 Å². The van der Waals surface area contributed by atoms with Crippen molar-refractivity contribution in [3.05, 3.63) is 44.4 Å². The van der Waals surface area contributed by atoms with Crippen LogP contribution in [0.25, 0.3) is 0 Å². The van der Waals surface area contributed by atoms with Crippen LogP contribution in [-0.4, -0.2) is 38.7 Å². The number of rotatable bonds is 2. The number of fused-ring (bicyclic) bond motifs is 1. The van der Waals surface area contributed by atoms with Crippen molar-refractivity contribution in [2.45, 2.75) is 18.6 Å². The van der Waals surface area contributed by atoms with Gasteiger partial charge in [-0.2, -0.15) is 0 Å². The van der Waals surface area contributed by atoms with E-state index in [4.69, 9.17) is 23.2 Å². The van der Waals surface area contributed by atoms with Crippen molar-refractivity contribution in [2.24, 2.45) is 0 Å². The van der Waals surface area contributed by atoms with E-state index in [1.165, 1.54) is 4.90 Å². The minimum absolute atomic E-state index is 0.260. The number of aromatic nitrogens is 2. The Morgan fingerprint density at radius 1 is 1.48 bits per heavy atom. The highest BCUT2D eigenvalue weighted by Gasteiger charge is 2.38. The summed E-state index contributed by atoms with van der Waals surface area (Å²) >= 11 is 13.3. The molecule has 0 spiro atoms. The number of likely N-dealkylation sites (N-methyl/N-ethyl adjacent to an activating group) is 1. The highest BCUT2D eigenvalue weighted by atomic mass is 35.5. The fourth-order valence-electron chi connectivity index (χ4n) is 2.66. The number of hydrogen-bond donors (Lipinski definition) is 1. The third kappa shape index (κ3) is 2.53. The second kappa shape index (κ2) is 5.53. The number of benzene rings is 1. The number of carbonyl (C=O) groups excluding carboxylic acids is 1. The van der Waals surface area contributed by atoms with Crippen molar-refractivity contribution >= 4 is 40.6 Å². The Bertz CT molecular complexity index is 693. The molecule has 1 heterocycles. The number of halogens is 2. The van der Waals surface area contributed by atoms with Crippen molar-refractivity contribution in [3.63, 3.8) is 0 Å². The van der Waals surface area contributed by atoms with Gasteiger partial charge in [-0.1, -0.05) is 27.7 Å². The molecule has 1 aliphatic carbocycles. The van der Waals surface area contributed by atoms with Crippen LogP contribution in [0.1, 0.15) is 27.7 Å². The molecular weight excluding hydrogens is 333 g/mol. The van der Waals surface area contributed by atoms with Gasteiger partial charge in [0.15, 0.2) is 5.69 Å². The average molecular weight is 344 g/mol. The molecule has 0 aliphatic heterocycles. The quantitative estimate of drug-likeness (QED) is 0.909. The second-order valence-electron chi connectivity index (χ2n) is 4.88. The lowest BCUT2D eigenvalue weighted by molar-refractivity contribution is 0.0492. The lowest BCUT2D eigenvalue weighted by Gasteiger charge is -2.27. The molecule has 1 N–H and O–H groups in total. The van der Waals surface area contributed by atoms with Crippen LogP contribution in [-0.2, 0) is 6.42 Å². The smallest absolute Gasteiger partial charge is 0.275 e. The van der Waals surface area contributed by atoms with Gasteiger partial charge in [0.05, 0.1) is 12.1 Å². The molecule has 0 fully saturated rings. The summed E-state index contributed by atoms with van der Waals surface area (Å²) < 4.78 is 3.68. The zero-order valence-corrected chi connectivity index (χ0v) is 13.3. The molecule has 1 aromatic carbocycles. The Hall–Kier alpha value is -1.21. The maximum Gasteiger partial charge on any atom is 0.275 e. The fraction of sp³-hybridized carbons (Fsp3) is 0.308. The minimum Gasteiger partial charge on any atom is -0.390 e. The van der Waals surface area contributed by atoms with E-state index < -0.39 is 12.1 Å². The van der Waals surface area contributed by atoms with Crippen LogP contribution in [0.3, 0.4) is 0 Å². The molecule has 5 nitrogen and oxygen atoms in total. The summed E-state index contributed by atoms with van der Waals surface area (Å²) in [5.41, 5.74) is 1.87. The van der Waals surface area contributed by atoms with Gasteiger partial charge < -0.3 is 10.0 Å². The molecule has 1 amide bonds. The van der Waals surface area contributed by atoms with E-state index in [2.05, 4.69) is 9.59 Å². The molecule has 0 radical (unpaired) electrons. The summed E-state index contributed by atoms with van der Waals surface area (Å²) in [5.74, 6) is -0.295. The van der Waals surface area contributed by atoms with E-state index in [-0.39, 0.29) is 11.6 Å². The van der Waals surface area contributed by atoms with Crippen LogP contribution in [0.4, 0.5) is 0 Å². The van der Waals surface area contributed by atoms with Crippen LogP contribution in [0.5, 0.6) is 0 Å². The van der Waals surface area contributed by atoms with Gasteiger partial charge in [-0.25, -0.2) is 0 Å². The zero-order valence-electron chi connectivity index (χ0n) is 11.0. The summed E-state index contributed by atoms with van der Waals surface area (Å²) in [6.07, 6.45) is -0.334. The van der Waals surface area contributed by atoms with Crippen molar-refractivity contribution in [3.8, 4) is 0 Å². The van der Waals surface area contributed by atoms with E-state index in [9.17, 15) is 9.90 Å². The molecule has 1 aromatic heterocycles. The lowest BCUT2D eigenvalue weighted by atomic mass is 10.1. The molecule has 0 unspecified atom stereocenters. The van der Waals surface area contributed by atoms with Crippen LogP contribution in [0.2, 0.25) is 10.0 Å². The second-order valence-corrected chi connectivity index (χ2v) is 6.33. The predicted octanol–water partition coefficient (Wildman–Crippen LogP) is 2.58. The number of hydrogen-bond acceptors (Lipinski definition) is 5. The first kappa shape index (κ1) is 14.7. The van der Waals surface area contributed by atoms with Crippen LogP contribution in [0.15, 0.2) is 17.5 Å². The Morgan fingerprint density at radius 2 is 2.24 bits per heavy atom. The Kier molecular flexibility index (Phi) is 3.88. The summed E-state index contributed by atoms with van der Waals surface area (Å²) in [6, 6.07) is 2.89. The molecule has 110 valence electrons. The van der Waals surface area contributed by atoms with E-state index in [1.54, 1.807) is 24.6 Å². The van der Waals surface area contributed by atoms with E-state index >= 15 is 0 Å². The SMILES string of the molecule is CN(C(=O)c1csnn1)[C@H]1c2cc(Cl)cc(Cl)c2C[C@H]1O. The molecular formula is C13H11Cl2N3O2S. The van der Waals surface area contributed by atoms with Crippen LogP contribution >= 0.6 is 34.7 Å². The third-order valence-corrected chi connectivity index (χ3v) is 4.67. The predicted molar refractivity (Wildman–Crippen MR) is 80.9 cm³/mol. The Labute approximate surface area is 135 Å². The van der Waals surface area contributed by atoms with Gasteiger partial charge >= 0.3 is 0 Å². The van der Waals surface area contributed by atoms with E-state index in [0.29, 0.717) is 16.5 Å². The standard InChI is InChI=1S/C13H11Cl2N3O2S/c1-18(13(20)10-5-21-17-16-10)12-8-2-6(14)3-9(15)7(8)4-11(12)19/h2-3,5,11-12,19H,4H2,1H3/t11-,12+/m1/s1. The molecule has 3 rings (SSSR count). The first-order valence-corrected chi connectivity index (χ1v) is 7.78. The molecule has 8 heteroatoms. The Balaban J connectivity index is 1.99. The number of aliphatic hydroxyl groups excluding tert-OH is 1. The van der Waals surface area contributed by atoms with Crippen molar-refractivity contribution in [1.29, 1.82) is 0 Å². The van der Waals surface area contributed by atoms with E-state index in [0.717, 1.165) is 22.7 Å². The molecule has 0 bridgehead atoms. The van der Waals surface area contributed by atoms with Crippen LogP contribution < -0.4 is 0 Å². The van der Waals surface area contributed by atoms with Crippen molar-refractivity contribution < 1.29 is 9.90 Å². The normalized spacial score (nSPS) is 20.4. The molecule has 2 aromatic rings. The molecule has 1 aliphatic rings. The Morgan fingerprint density at radius 3 is 2.90 bits per heavy atom. The fourth-order valence-corrected chi connectivity index (χ4v) is 3.68. The molecule has 2 atom stereocenters. The maximum absolute atomic E-state index is 12.4. The highest BCUT2D eigenvalue weighted by Crippen LogP contribution is 2.41. The number of carbonyl (C=O) groups is 1. The van der Waals surface area contributed by atoms with Gasteiger partial charge in [0.25, 0.3) is 5.91 Å². The monoisotopic (exact) mass is 343 g/mol. The first-order chi connectivity index (χ1) is 9.99. The zero-order chi connectivity index (χ0) is 15.1. The topological polar surface area (TPSA) is 66.3 Å². The molecule has 21 heavy (non-hydrogen) atoms. The van der Waals surface area contributed by atoms with Gasteiger partial charge in [0, 0.05) is 28.9 Å². The van der Waals surface area contributed by atoms with Gasteiger partial charge in [-0.3, -0.25) is 4.79 Å². The minimum atomic E-state index is -0.725. The van der Waals surface area contributed by atoms with Gasteiger partial charge in [-0.05, 0) is 34.8 Å². The summed E-state index contributed by atoms with van der Waals surface area (Å²) in [6.45, 7) is 0. The molecule has 0 saturated heterocycles. The summed E-state index contributed by atoms with van der Waals surface area (Å²) in [5, 5.41) is 16.6. The lowest BCUT2D eigenvalue weighted by Crippen LogP contribution is -2.36. The number of nitrogens with zero attached hydrogens (tertiary/aromatic N) is 3. The van der Waals surface area contributed by atoms with Crippen molar-refractivity contribution in [1.82, 2.24) is 14.5 Å². The van der Waals surface area contributed by atoms with Gasteiger partial charge in [-0.15, -0.1) is 5.10 Å².